The lowest BCUT2D eigenvalue weighted by molar-refractivity contribution is 0.0532. The van der Waals surface area contributed by atoms with E-state index in [0.717, 1.165) is 6.42 Å². The van der Waals surface area contributed by atoms with Gasteiger partial charge in [0.15, 0.2) is 0 Å². The predicted molar refractivity (Wildman–Crippen MR) is 101 cm³/mol. The smallest absolute Gasteiger partial charge is 0.272 e. The zero-order chi connectivity index (χ0) is 18.5. The van der Waals surface area contributed by atoms with E-state index in [1.165, 1.54) is 5.56 Å². The van der Waals surface area contributed by atoms with Crippen molar-refractivity contribution in [3.8, 4) is 0 Å². The minimum absolute atomic E-state index is 0.0330. The number of pyridine rings is 1. The van der Waals surface area contributed by atoms with Crippen LogP contribution in [0.1, 0.15) is 52.6 Å². The molecule has 1 atom stereocenters. The van der Waals surface area contributed by atoms with Crippen molar-refractivity contribution >= 4 is 11.8 Å². The lowest BCUT2D eigenvalue weighted by Gasteiger charge is -2.34. The SMILES string of the molecule is CCC(C)c1ccc(C(=O)N2CCN(C(=O)c3ccccn3)CC2)cc1. The molecule has 0 spiro atoms. The Labute approximate surface area is 154 Å². The van der Waals surface area contributed by atoms with Crippen molar-refractivity contribution in [2.24, 2.45) is 0 Å². The molecule has 1 saturated heterocycles. The van der Waals surface area contributed by atoms with E-state index in [-0.39, 0.29) is 11.8 Å². The molecule has 1 aliphatic rings. The summed E-state index contributed by atoms with van der Waals surface area (Å²) >= 11 is 0. The van der Waals surface area contributed by atoms with Crippen LogP contribution in [0, 0.1) is 0 Å². The summed E-state index contributed by atoms with van der Waals surface area (Å²) in [6, 6.07) is 13.2. The zero-order valence-electron chi connectivity index (χ0n) is 15.4. The van der Waals surface area contributed by atoms with Gasteiger partial charge >= 0.3 is 0 Å². The summed E-state index contributed by atoms with van der Waals surface area (Å²) in [6.07, 6.45) is 2.70. The van der Waals surface area contributed by atoms with Crippen LogP contribution in [0.25, 0.3) is 0 Å². The van der Waals surface area contributed by atoms with Gasteiger partial charge in [-0.05, 0) is 42.2 Å². The number of nitrogens with zero attached hydrogens (tertiary/aromatic N) is 3. The summed E-state index contributed by atoms with van der Waals surface area (Å²) in [5.41, 5.74) is 2.42. The van der Waals surface area contributed by atoms with Crippen molar-refractivity contribution < 1.29 is 9.59 Å². The molecule has 1 aromatic heterocycles. The van der Waals surface area contributed by atoms with Crippen LogP contribution in [0.2, 0.25) is 0 Å². The Morgan fingerprint density at radius 2 is 1.58 bits per heavy atom. The van der Waals surface area contributed by atoms with E-state index in [1.807, 2.05) is 35.2 Å². The van der Waals surface area contributed by atoms with E-state index in [4.69, 9.17) is 0 Å². The molecule has 0 bridgehead atoms. The first-order valence-corrected chi connectivity index (χ1v) is 9.19. The molecule has 0 N–H and O–H groups in total. The molecule has 1 fully saturated rings. The number of piperazine rings is 1. The highest BCUT2D eigenvalue weighted by atomic mass is 16.2. The van der Waals surface area contributed by atoms with Crippen LogP contribution in [0.5, 0.6) is 0 Å². The maximum atomic E-state index is 12.7. The molecule has 5 heteroatoms. The molecule has 1 unspecified atom stereocenters. The average molecular weight is 351 g/mol. The second kappa shape index (κ2) is 8.13. The third kappa shape index (κ3) is 3.93. The average Bonchev–Trinajstić information content (AvgIpc) is 2.73. The van der Waals surface area contributed by atoms with Crippen LogP contribution >= 0.6 is 0 Å². The van der Waals surface area contributed by atoms with Gasteiger partial charge < -0.3 is 9.80 Å². The van der Waals surface area contributed by atoms with Crippen LogP contribution in [-0.2, 0) is 0 Å². The Balaban J connectivity index is 1.59. The predicted octanol–water partition coefficient (Wildman–Crippen LogP) is 3.19. The Hall–Kier alpha value is -2.69. The van der Waals surface area contributed by atoms with Gasteiger partial charge in [-0.25, -0.2) is 0 Å². The van der Waals surface area contributed by atoms with E-state index < -0.39 is 0 Å². The quantitative estimate of drug-likeness (QED) is 0.850. The Morgan fingerprint density at radius 3 is 2.12 bits per heavy atom. The van der Waals surface area contributed by atoms with Gasteiger partial charge in [0.25, 0.3) is 11.8 Å². The van der Waals surface area contributed by atoms with Gasteiger partial charge in [0.2, 0.25) is 0 Å². The fourth-order valence-corrected chi connectivity index (χ4v) is 3.14. The number of aromatic nitrogens is 1. The molecule has 3 rings (SSSR count). The van der Waals surface area contributed by atoms with E-state index in [2.05, 4.69) is 18.8 Å². The summed E-state index contributed by atoms with van der Waals surface area (Å²) in [7, 11) is 0. The normalized spacial score (nSPS) is 15.6. The van der Waals surface area contributed by atoms with Crippen molar-refractivity contribution in [3.63, 3.8) is 0 Å². The van der Waals surface area contributed by atoms with Gasteiger partial charge in [-0.3, -0.25) is 14.6 Å². The molecule has 0 saturated carbocycles. The van der Waals surface area contributed by atoms with E-state index >= 15 is 0 Å². The highest BCUT2D eigenvalue weighted by molar-refractivity contribution is 5.95. The molecule has 2 amide bonds. The number of amides is 2. The number of carbonyl (C=O) groups excluding carboxylic acids is 2. The van der Waals surface area contributed by atoms with Crippen molar-refractivity contribution in [1.29, 1.82) is 0 Å². The first-order valence-electron chi connectivity index (χ1n) is 9.19. The molecule has 1 aromatic carbocycles. The fraction of sp³-hybridized carbons (Fsp3) is 0.381. The first-order chi connectivity index (χ1) is 12.6. The number of benzene rings is 1. The molecule has 1 aliphatic heterocycles. The minimum Gasteiger partial charge on any atom is -0.335 e. The topological polar surface area (TPSA) is 53.5 Å². The monoisotopic (exact) mass is 351 g/mol. The molecule has 2 aromatic rings. The fourth-order valence-electron chi connectivity index (χ4n) is 3.14. The number of hydrogen-bond acceptors (Lipinski definition) is 3. The molecular formula is C21H25N3O2. The highest BCUT2D eigenvalue weighted by Gasteiger charge is 2.26. The van der Waals surface area contributed by atoms with Gasteiger partial charge in [-0.1, -0.05) is 32.0 Å². The van der Waals surface area contributed by atoms with Crippen LogP contribution in [0.15, 0.2) is 48.7 Å². The summed E-state index contributed by atoms with van der Waals surface area (Å²) in [5, 5.41) is 0. The first kappa shape index (κ1) is 18.1. The summed E-state index contributed by atoms with van der Waals surface area (Å²) < 4.78 is 0. The zero-order valence-corrected chi connectivity index (χ0v) is 15.4. The van der Waals surface area contributed by atoms with Crippen LogP contribution in [0.4, 0.5) is 0 Å². The molecule has 0 radical (unpaired) electrons. The molecule has 5 nitrogen and oxygen atoms in total. The molecular weight excluding hydrogens is 326 g/mol. The van der Waals surface area contributed by atoms with E-state index in [9.17, 15) is 9.59 Å². The number of rotatable bonds is 4. The maximum Gasteiger partial charge on any atom is 0.272 e. The Bertz CT molecular complexity index is 751. The maximum absolute atomic E-state index is 12.7. The van der Waals surface area contributed by atoms with Crippen molar-refractivity contribution in [2.75, 3.05) is 26.2 Å². The highest BCUT2D eigenvalue weighted by Crippen LogP contribution is 2.19. The van der Waals surface area contributed by atoms with Gasteiger partial charge in [-0.15, -0.1) is 0 Å². The van der Waals surface area contributed by atoms with Crippen LogP contribution < -0.4 is 0 Å². The Kier molecular flexibility index (Phi) is 5.66. The number of hydrogen-bond donors (Lipinski definition) is 0. The van der Waals surface area contributed by atoms with Gasteiger partial charge in [-0.2, -0.15) is 0 Å². The lowest BCUT2D eigenvalue weighted by atomic mass is 9.97. The largest absolute Gasteiger partial charge is 0.335 e. The molecule has 26 heavy (non-hydrogen) atoms. The van der Waals surface area contributed by atoms with E-state index in [1.54, 1.807) is 23.2 Å². The van der Waals surface area contributed by atoms with Gasteiger partial charge in [0, 0.05) is 37.9 Å². The standard InChI is InChI=1S/C21H25N3O2/c1-3-16(2)17-7-9-18(10-8-17)20(25)23-12-14-24(15-13-23)21(26)19-6-4-5-11-22-19/h4-11,16H,3,12-15H2,1-2H3. The summed E-state index contributed by atoms with van der Waals surface area (Å²) in [6.45, 7) is 6.51. The third-order valence-corrected chi connectivity index (χ3v) is 5.08. The third-order valence-electron chi connectivity index (χ3n) is 5.08. The Morgan fingerprint density at radius 1 is 0.962 bits per heavy atom. The summed E-state index contributed by atoms with van der Waals surface area (Å²) in [4.78, 5) is 32.8. The second-order valence-corrected chi connectivity index (χ2v) is 6.73. The van der Waals surface area contributed by atoms with Crippen LogP contribution in [-0.4, -0.2) is 52.8 Å². The minimum atomic E-state index is -0.0735. The number of carbonyl (C=O) groups is 2. The van der Waals surface area contributed by atoms with Gasteiger partial charge in [0.05, 0.1) is 0 Å². The lowest BCUT2D eigenvalue weighted by Crippen LogP contribution is -2.50. The van der Waals surface area contributed by atoms with Crippen molar-refractivity contribution in [2.45, 2.75) is 26.2 Å². The van der Waals surface area contributed by atoms with Crippen LogP contribution in [0.3, 0.4) is 0 Å². The van der Waals surface area contributed by atoms with E-state index in [0.29, 0.717) is 43.4 Å². The van der Waals surface area contributed by atoms with Crippen molar-refractivity contribution in [3.05, 3.63) is 65.5 Å². The van der Waals surface area contributed by atoms with Gasteiger partial charge in [0.1, 0.15) is 5.69 Å². The second-order valence-electron chi connectivity index (χ2n) is 6.73. The summed E-state index contributed by atoms with van der Waals surface area (Å²) in [5.74, 6) is 0.460. The molecule has 2 heterocycles. The van der Waals surface area contributed by atoms with Crippen molar-refractivity contribution in [1.82, 2.24) is 14.8 Å². The molecule has 0 aliphatic carbocycles. The molecule has 136 valence electrons.